The summed E-state index contributed by atoms with van der Waals surface area (Å²) in [5.74, 6) is -0.639. The zero-order chi connectivity index (χ0) is 13.0. The molecule has 0 bridgehead atoms. The molecule has 0 saturated carbocycles. The maximum absolute atomic E-state index is 11.9. The second-order valence-electron chi connectivity index (χ2n) is 3.08. The van der Waals surface area contributed by atoms with Crippen molar-refractivity contribution in [2.75, 3.05) is 13.1 Å². The quantitative estimate of drug-likeness (QED) is 0.887. The fraction of sp³-hybridized carbons (Fsp3) is 0.444. The molecule has 2 N–H and O–H groups in total. The third-order valence-electron chi connectivity index (χ3n) is 1.96. The van der Waals surface area contributed by atoms with Crippen molar-refractivity contribution in [2.45, 2.75) is 13.8 Å². The first kappa shape index (κ1) is 13.8. The van der Waals surface area contributed by atoms with E-state index in [2.05, 4.69) is 15.3 Å². The normalized spacial score (nSPS) is 10.1. The number of carbonyl (C=O) groups is 2. The van der Waals surface area contributed by atoms with Crippen molar-refractivity contribution in [2.24, 2.45) is 0 Å². The van der Waals surface area contributed by atoms with E-state index in [0.717, 1.165) is 4.90 Å². The first-order valence-corrected chi connectivity index (χ1v) is 5.77. The third-order valence-corrected chi connectivity index (χ3v) is 2.60. The van der Waals surface area contributed by atoms with Crippen LogP contribution in [0, 0.1) is 0 Å². The Labute approximate surface area is 108 Å². The number of halogens is 2. The Balaban J connectivity index is 2.89. The van der Waals surface area contributed by atoms with Crippen LogP contribution in [0.2, 0.25) is 10.3 Å². The number of urea groups is 1. The minimum Gasteiger partial charge on any atom is -0.338 e. The van der Waals surface area contributed by atoms with Crippen LogP contribution in [-0.2, 0) is 0 Å². The van der Waals surface area contributed by atoms with Crippen LogP contribution < -0.4 is 5.32 Å². The monoisotopic (exact) mass is 278 g/mol. The van der Waals surface area contributed by atoms with Gasteiger partial charge in [-0.3, -0.25) is 9.69 Å². The predicted molar refractivity (Wildman–Crippen MR) is 64.4 cm³/mol. The van der Waals surface area contributed by atoms with Crippen LogP contribution in [-0.4, -0.2) is 39.9 Å². The Hall–Kier alpha value is -1.27. The maximum Gasteiger partial charge on any atom is 0.324 e. The van der Waals surface area contributed by atoms with Crippen molar-refractivity contribution in [1.82, 2.24) is 20.2 Å². The Bertz CT molecular complexity index is 413. The molecule has 1 aromatic heterocycles. The van der Waals surface area contributed by atoms with Crippen molar-refractivity contribution < 1.29 is 9.59 Å². The molecule has 0 saturated heterocycles. The molecule has 0 aliphatic carbocycles. The predicted octanol–water partition coefficient (Wildman–Crippen LogP) is 1.91. The molecule has 1 heterocycles. The zero-order valence-corrected chi connectivity index (χ0v) is 10.9. The molecule has 0 radical (unpaired) electrons. The van der Waals surface area contributed by atoms with Crippen LogP contribution in [0.4, 0.5) is 4.79 Å². The molecular formula is C9H12Cl2N4O2. The van der Waals surface area contributed by atoms with E-state index in [1.54, 1.807) is 13.8 Å². The molecular weight excluding hydrogens is 267 g/mol. The van der Waals surface area contributed by atoms with Crippen molar-refractivity contribution >= 4 is 35.1 Å². The summed E-state index contributed by atoms with van der Waals surface area (Å²) in [6, 6.07) is -0.483. The average Bonchev–Trinajstić information content (AvgIpc) is 2.60. The highest BCUT2D eigenvalue weighted by molar-refractivity contribution is 6.40. The molecule has 3 amide bonds. The van der Waals surface area contributed by atoms with Crippen molar-refractivity contribution in [1.29, 1.82) is 0 Å². The van der Waals surface area contributed by atoms with Crippen molar-refractivity contribution in [3.8, 4) is 0 Å². The lowest BCUT2D eigenvalue weighted by atomic mass is 10.4. The highest BCUT2D eigenvalue weighted by atomic mass is 35.5. The van der Waals surface area contributed by atoms with E-state index in [1.165, 1.54) is 0 Å². The number of hydrogen-bond acceptors (Lipinski definition) is 3. The standard InChI is InChI=1S/C9H12Cl2N4O2/c1-3-12-9(17)15(4-2)8(16)7-13-5(10)6(11)14-7/h3-4H2,1-2H3,(H,12,17)(H,13,14). The number of nitrogens with one attached hydrogen (secondary N) is 2. The van der Waals surface area contributed by atoms with Gasteiger partial charge in [-0.05, 0) is 13.8 Å². The van der Waals surface area contributed by atoms with Gasteiger partial charge in [0.05, 0.1) is 0 Å². The fourth-order valence-corrected chi connectivity index (χ4v) is 1.45. The molecule has 6 nitrogen and oxygen atoms in total. The number of imide groups is 1. The van der Waals surface area contributed by atoms with Gasteiger partial charge in [0.15, 0.2) is 11.0 Å². The number of nitrogens with zero attached hydrogens (tertiary/aromatic N) is 2. The van der Waals surface area contributed by atoms with Gasteiger partial charge in [-0.2, -0.15) is 0 Å². The van der Waals surface area contributed by atoms with E-state index in [9.17, 15) is 9.59 Å². The number of hydrogen-bond donors (Lipinski definition) is 2. The van der Waals surface area contributed by atoms with Gasteiger partial charge >= 0.3 is 6.03 Å². The van der Waals surface area contributed by atoms with Gasteiger partial charge in [0.25, 0.3) is 5.91 Å². The Kier molecular flexibility index (Phi) is 4.77. The third kappa shape index (κ3) is 3.10. The van der Waals surface area contributed by atoms with E-state index in [0.29, 0.717) is 6.54 Å². The molecule has 17 heavy (non-hydrogen) atoms. The summed E-state index contributed by atoms with van der Waals surface area (Å²) in [5, 5.41) is 2.60. The molecule has 0 aromatic carbocycles. The molecule has 0 fully saturated rings. The Morgan fingerprint density at radius 1 is 1.41 bits per heavy atom. The van der Waals surface area contributed by atoms with Crippen LogP contribution in [0.5, 0.6) is 0 Å². The van der Waals surface area contributed by atoms with Crippen molar-refractivity contribution in [3.63, 3.8) is 0 Å². The summed E-state index contributed by atoms with van der Waals surface area (Å²) in [5.41, 5.74) is 0. The minimum absolute atomic E-state index is 0.00182. The van der Waals surface area contributed by atoms with Gasteiger partial charge in [-0.25, -0.2) is 9.78 Å². The van der Waals surface area contributed by atoms with Crippen LogP contribution in [0.3, 0.4) is 0 Å². The zero-order valence-electron chi connectivity index (χ0n) is 9.38. The fourth-order valence-electron chi connectivity index (χ4n) is 1.19. The summed E-state index contributed by atoms with van der Waals surface area (Å²) in [6.07, 6.45) is 0. The molecule has 0 atom stereocenters. The highest BCUT2D eigenvalue weighted by Crippen LogP contribution is 2.18. The van der Waals surface area contributed by atoms with Crippen LogP contribution in [0.15, 0.2) is 0 Å². The molecule has 94 valence electrons. The number of rotatable bonds is 3. The van der Waals surface area contributed by atoms with E-state index >= 15 is 0 Å². The molecule has 1 rings (SSSR count). The minimum atomic E-state index is -0.577. The largest absolute Gasteiger partial charge is 0.338 e. The van der Waals surface area contributed by atoms with E-state index < -0.39 is 11.9 Å². The number of aromatic amines is 1. The van der Waals surface area contributed by atoms with Gasteiger partial charge in [0.2, 0.25) is 0 Å². The van der Waals surface area contributed by atoms with Gasteiger partial charge < -0.3 is 10.3 Å². The van der Waals surface area contributed by atoms with Gasteiger partial charge in [-0.1, -0.05) is 23.2 Å². The molecule has 0 aliphatic rings. The number of H-pyrrole nitrogens is 1. The van der Waals surface area contributed by atoms with E-state index in [4.69, 9.17) is 23.2 Å². The topological polar surface area (TPSA) is 78.1 Å². The molecule has 8 heteroatoms. The SMILES string of the molecule is CCNC(=O)N(CC)C(=O)c1nc(Cl)c(Cl)[nH]1. The highest BCUT2D eigenvalue weighted by Gasteiger charge is 2.24. The average molecular weight is 279 g/mol. The lowest BCUT2D eigenvalue weighted by molar-refractivity contribution is 0.0797. The second kappa shape index (κ2) is 5.88. The Morgan fingerprint density at radius 3 is 2.47 bits per heavy atom. The van der Waals surface area contributed by atoms with Gasteiger partial charge in [0, 0.05) is 13.1 Å². The van der Waals surface area contributed by atoms with E-state index in [-0.39, 0.29) is 22.7 Å². The number of amides is 3. The number of carbonyl (C=O) groups excluding carboxylic acids is 2. The number of imidazole rings is 1. The summed E-state index contributed by atoms with van der Waals surface area (Å²) in [7, 11) is 0. The molecule has 1 aromatic rings. The summed E-state index contributed by atoms with van der Waals surface area (Å²) in [6.45, 7) is 4.10. The van der Waals surface area contributed by atoms with Crippen LogP contribution in [0.1, 0.15) is 24.5 Å². The van der Waals surface area contributed by atoms with Crippen molar-refractivity contribution in [3.05, 3.63) is 16.1 Å². The summed E-state index contributed by atoms with van der Waals surface area (Å²) in [4.78, 5) is 30.7. The lowest BCUT2D eigenvalue weighted by Gasteiger charge is -2.17. The first-order chi connectivity index (χ1) is 8.01. The summed E-state index contributed by atoms with van der Waals surface area (Å²) >= 11 is 11.3. The smallest absolute Gasteiger partial charge is 0.324 e. The van der Waals surface area contributed by atoms with Crippen LogP contribution in [0.25, 0.3) is 0 Å². The second-order valence-corrected chi connectivity index (χ2v) is 3.81. The molecule has 0 aliphatic heterocycles. The molecule has 0 spiro atoms. The van der Waals surface area contributed by atoms with Crippen LogP contribution >= 0.6 is 23.2 Å². The number of aromatic nitrogens is 2. The first-order valence-electron chi connectivity index (χ1n) is 5.01. The van der Waals surface area contributed by atoms with E-state index in [1.807, 2.05) is 0 Å². The summed E-state index contributed by atoms with van der Waals surface area (Å²) < 4.78 is 0. The molecule has 0 unspecified atom stereocenters. The Morgan fingerprint density at radius 2 is 2.06 bits per heavy atom. The lowest BCUT2D eigenvalue weighted by Crippen LogP contribution is -2.44. The maximum atomic E-state index is 11.9. The van der Waals surface area contributed by atoms with Gasteiger partial charge in [-0.15, -0.1) is 0 Å². The van der Waals surface area contributed by atoms with Gasteiger partial charge in [0.1, 0.15) is 5.15 Å².